The average Bonchev–Trinajstić information content (AvgIpc) is 2.28. The maximum Gasteiger partial charge on any atom is 0.145 e. The molecule has 1 atom stereocenters. The van der Waals surface area contributed by atoms with Gasteiger partial charge in [0.15, 0.2) is 0 Å². The van der Waals surface area contributed by atoms with Gasteiger partial charge in [0.25, 0.3) is 0 Å². The standard InChI is InChI=1S/C12H15FN2O/c1-9(5-6-16)15-8-11-4-2-3-10(7-14)12(11)13/h2-4,9,15-16H,5-6,8H2,1H3. The Morgan fingerprint density at radius 1 is 1.56 bits per heavy atom. The normalized spacial score (nSPS) is 12.1. The summed E-state index contributed by atoms with van der Waals surface area (Å²) >= 11 is 0. The smallest absolute Gasteiger partial charge is 0.145 e. The highest BCUT2D eigenvalue weighted by Crippen LogP contribution is 2.12. The van der Waals surface area contributed by atoms with E-state index in [1.165, 1.54) is 6.07 Å². The molecule has 0 fully saturated rings. The van der Waals surface area contributed by atoms with Gasteiger partial charge < -0.3 is 10.4 Å². The molecule has 1 aromatic carbocycles. The Labute approximate surface area is 94.5 Å². The van der Waals surface area contributed by atoms with Crippen LogP contribution in [0.5, 0.6) is 0 Å². The molecule has 0 amide bonds. The summed E-state index contributed by atoms with van der Waals surface area (Å²) in [6.07, 6.45) is 0.625. The third-order valence-electron chi connectivity index (χ3n) is 2.40. The van der Waals surface area contributed by atoms with Crippen LogP contribution in [-0.2, 0) is 6.54 Å². The second-order valence-electron chi connectivity index (χ2n) is 3.68. The lowest BCUT2D eigenvalue weighted by Crippen LogP contribution is -2.26. The molecule has 0 heterocycles. The van der Waals surface area contributed by atoms with Crippen molar-refractivity contribution in [2.75, 3.05) is 6.61 Å². The number of aliphatic hydroxyl groups is 1. The maximum absolute atomic E-state index is 13.6. The number of halogens is 1. The van der Waals surface area contributed by atoms with Crippen molar-refractivity contribution in [1.29, 1.82) is 5.26 Å². The number of nitriles is 1. The van der Waals surface area contributed by atoms with Crippen LogP contribution in [0.25, 0.3) is 0 Å². The Balaban J connectivity index is 2.64. The third-order valence-corrected chi connectivity index (χ3v) is 2.40. The van der Waals surface area contributed by atoms with Gasteiger partial charge in [0, 0.05) is 24.8 Å². The fraction of sp³-hybridized carbons (Fsp3) is 0.417. The molecule has 0 saturated carbocycles. The van der Waals surface area contributed by atoms with E-state index in [0.717, 1.165) is 0 Å². The number of rotatable bonds is 5. The lowest BCUT2D eigenvalue weighted by atomic mass is 10.1. The predicted molar refractivity (Wildman–Crippen MR) is 59.1 cm³/mol. The molecule has 0 radical (unpaired) electrons. The predicted octanol–water partition coefficient (Wildman–Crippen LogP) is 1.56. The zero-order chi connectivity index (χ0) is 12.0. The number of aliphatic hydroxyl groups excluding tert-OH is 1. The first-order valence-corrected chi connectivity index (χ1v) is 5.20. The summed E-state index contributed by atoms with van der Waals surface area (Å²) in [4.78, 5) is 0. The number of nitrogens with zero attached hydrogens (tertiary/aromatic N) is 1. The second-order valence-corrected chi connectivity index (χ2v) is 3.68. The fourth-order valence-corrected chi connectivity index (χ4v) is 1.38. The van der Waals surface area contributed by atoms with Gasteiger partial charge in [-0.05, 0) is 19.4 Å². The summed E-state index contributed by atoms with van der Waals surface area (Å²) < 4.78 is 13.6. The van der Waals surface area contributed by atoms with E-state index in [0.29, 0.717) is 18.5 Å². The van der Waals surface area contributed by atoms with E-state index in [1.54, 1.807) is 18.2 Å². The molecule has 0 aliphatic rings. The van der Waals surface area contributed by atoms with Crippen LogP contribution in [0.3, 0.4) is 0 Å². The van der Waals surface area contributed by atoms with Crippen molar-refractivity contribution in [1.82, 2.24) is 5.32 Å². The van der Waals surface area contributed by atoms with Crippen LogP contribution in [0.15, 0.2) is 18.2 Å². The SMILES string of the molecule is CC(CCO)NCc1cccc(C#N)c1F. The molecule has 1 aromatic rings. The Bertz CT molecular complexity index is 387. The molecular formula is C12H15FN2O. The Morgan fingerprint density at radius 3 is 2.94 bits per heavy atom. The molecule has 0 aliphatic carbocycles. The van der Waals surface area contributed by atoms with Gasteiger partial charge in [-0.2, -0.15) is 5.26 Å². The first kappa shape index (κ1) is 12.6. The first-order chi connectivity index (χ1) is 7.69. The molecule has 1 unspecified atom stereocenters. The van der Waals surface area contributed by atoms with E-state index in [1.807, 2.05) is 6.92 Å². The van der Waals surface area contributed by atoms with E-state index in [-0.39, 0.29) is 18.2 Å². The van der Waals surface area contributed by atoms with Crippen molar-refractivity contribution in [3.63, 3.8) is 0 Å². The Morgan fingerprint density at radius 2 is 2.31 bits per heavy atom. The molecule has 86 valence electrons. The minimum Gasteiger partial charge on any atom is -0.396 e. The molecule has 0 spiro atoms. The van der Waals surface area contributed by atoms with Gasteiger partial charge in [0.2, 0.25) is 0 Å². The molecule has 0 saturated heterocycles. The van der Waals surface area contributed by atoms with Crippen LogP contribution in [0.2, 0.25) is 0 Å². The van der Waals surface area contributed by atoms with Gasteiger partial charge in [-0.3, -0.25) is 0 Å². The van der Waals surface area contributed by atoms with Crippen molar-refractivity contribution < 1.29 is 9.50 Å². The molecular weight excluding hydrogens is 207 g/mol. The number of benzene rings is 1. The van der Waals surface area contributed by atoms with Gasteiger partial charge in [-0.15, -0.1) is 0 Å². The van der Waals surface area contributed by atoms with Crippen LogP contribution in [-0.4, -0.2) is 17.8 Å². The highest BCUT2D eigenvalue weighted by molar-refractivity contribution is 5.34. The van der Waals surface area contributed by atoms with Crippen LogP contribution in [0, 0.1) is 17.1 Å². The monoisotopic (exact) mass is 222 g/mol. The molecule has 2 N–H and O–H groups in total. The first-order valence-electron chi connectivity index (χ1n) is 5.20. The number of hydrogen-bond acceptors (Lipinski definition) is 3. The quantitative estimate of drug-likeness (QED) is 0.794. The fourth-order valence-electron chi connectivity index (χ4n) is 1.38. The second kappa shape index (κ2) is 6.21. The van der Waals surface area contributed by atoms with Crippen LogP contribution < -0.4 is 5.32 Å². The minimum absolute atomic E-state index is 0.0640. The molecule has 16 heavy (non-hydrogen) atoms. The molecule has 1 rings (SSSR count). The zero-order valence-electron chi connectivity index (χ0n) is 9.20. The summed E-state index contributed by atoms with van der Waals surface area (Å²) in [6.45, 7) is 2.39. The van der Waals surface area contributed by atoms with Gasteiger partial charge >= 0.3 is 0 Å². The van der Waals surface area contributed by atoms with Crippen molar-refractivity contribution in [3.05, 3.63) is 35.1 Å². The topological polar surface area (TPSA) is 56.0 Å². The van der Waals surface area contributed by atoms with E-state index < -0.39 is 5.82 Å². The third kappa shape index (κ3) is 3.30. The molecule has 0 aliphatic heterocycles. The Kier molecular flexibility index (Phi) is 4.90. The Hall–Kier alpha value is -1.44. The van der Waals surface area contributed by atoms with Crippen LogP contribution >= 0.6 is 0 Å². The lowest BCUT2D eigenvalue weighted by molar-refractivity contribution is 0.268. The van der Waals surface area contributed by atoms with Crippen molar-refractivity contribution in [3.8, 4) is 6.07 Å². The van der Waals surface area contributed by atoms with E-state index in [2.05, 4.69) is 5.32 Å². The summed E-state index contributed by atoms with van der Waals surface area (Å²) in [5, 5.41) is 20.5. The average molecular weight is 222 g/mol. The van der Waals surface area contributed by atoms with Crippen LogP contribution in [0.1, 0.15) is 24.5 Å². The molecule has 3 nitrogen and oxygen atoms in total. The van der Waals surface area contributed by atoms with Gasteiger partial charge in [-0.25, -0.2) is 4.39 Å². The van der Waals surface area contributed by atoms with Gasteiger partial charge in [0.1, 0.15) is 11.9 Å². The van der Waals surface area contributed by atoms with Gasteiger partial charge in [0.05, 0.1) is 5.56 Å². The molecule has 0 bridgehead atoms. The molecule has 0 aromatic heterocycles. The summed E-state index contributed by atoms with van der Waals surface area (Å²) in [5.74, 6) is -0.464. The summed E-state index contributed by atoms with van der Waals surface area (Å²) in [6, 6.07) is 6.69. The zero-order valence-corrected chi connectivity index (χ0v) is 9.20. The van der Waals surface area contributed by atoms with E-state index in [9.17, 15) is 4.39 Å². The van der Waals surface area contributed by atoms with Gasteiger partial charge in [-0.1, -0.05) is 12.1 Å². The highest BCUT2D eigenvalue weighted by Gasteiger charge is 2.08. The highest BCUT2D eigenvalue weighted by atomic mass is 19.1. The minimum atomic E-state index is -0.464. The van der Waals surface area contributed by atoms with E-state index in [4.69, 9.17) is 10.4 Å². The number of nitrogens with one attached hydrogen (secondary N) is 1. The van der Waals surface area contributed by atoms with E-state index >= 15 is 0 Å². The van der Waals surface area contributed by atoms with Crippen LogP contribution in [0.4, 0.5) is 4.39 Å². The molecule has 4 heteroatoms. The lowest BCUT2D eigenvalue weighted by Gasteiger charge is -2.12. The summed E-state index contributed by atoms with van der Waals surface area (Å²) in [5.41, 5.74) is 0.540. The van der Waals surface area contributed by atoms with Crippen molar-refractivity contribution >= 4 is 0 Å². The van der Waals surface area contributed by atoms with Crippen molar-refractivity contribution in [2.45, 2.75) is 25.9 Å². The number of hydrogen-bond donors (Lipinski definition) is 2. The largest absolute Gasteiger partial charge is 0.396 e. The summed E-state index contributed by atoms with van der Waals surface area (Å²) in [7, 11) is 0. The maximum atomic E-state index is 13.6. The van der Waals surface area contributed by atoms with Crippen molar-refractivity contribution in [2.24, 2.45) is 0 Å².